The summed E-state index contributed by atoms with van der Waals surface area (Å²) in [6.45, 7) is 1.82. The zero-order valence-corrected chi connectivity index (χ0v) is 10.9. The van der Waals surface area contributed by atoms with Gasteiger partial charge < -0.3 is 5.32 Å². The highest BCUT2D eigenvalue weighted by molar-refractivity contribution is 5.91. The first-order valence-corrected chi connectivity index (χ1v) is 6.33. The Morgan fingerprint density at radius 2 is 2.20 bits per heavy atom. The fourth-order valence-electron chi connectivity index (χ4n) is 1.89. The summed E-state index contributed by atoms with van der Waals surface area (Å²) in [6, 6.07) is 11.3. The van der Waals surface area contributed by atoms with Gasteiger partial charge in [-0.25, -0.2) is 0 Å². The van der Waals surface area contributed by atoms with Gasteiger partial charge in [0.25, 0.3) is 0 Å². The SMILES string of the molecule is CCC(=O)Nc1cccc(-c2ccc3nncn3n2)c1. The molecule has 6 heteroatoms. The molecule has 1 N–H and O–H groups in total. The van der Waals surface area contributed by atoms with E-state index in [9.17, 15) is 4.79 Å². The fraction of sp³-hybridized carbons (Fsp3) is 0.143. The zero-order chi connectivity index (χ0) is 13.9. The van der Waals surface area contributed by atoms with Crippen LogP contribution in [0.3, 0.4) is 0 Å². The third kappa shape index (κ3) is 2.35. The van der Waals surface area contributed by atoms with E-state index in [0.29, 0.717) is 12.1 Å². The van der Waals surface area contributed by atoms with Gasteiger partial charge in [0.2, 0.25) is 5.91 Å². The number of fused-ring (bicyclic) bond motifs is 1. The monoisotopic (exact) mass is 267 g/mol. The van der Waals surface area contributed by atoms with Crippen LogP contribution in [0.15, 0.2) is 42.7 Å². The molecule has 3 aromatic rings. The maximum Gasteiger partial charge on any atom is 0.224 e. The van der Waals surface area contributed by atoms with Crippen molar-refractivity contribution < 1.29 is 4.79 Å². The Hall–Kier alpha value is -2.76. The topological polar surface area (TPSA) is 72.2 Å². The number of benzene rings is 1. The van der Waals surface area contributed by atoms with Crippen molar-refractivity contribution in [3.63, 3.8) is 0 Å². The molecule has 1 amide bonds. The molecule has 0 aliphatic carbocycles. The van der Waals surface area contributed by atoms with Crippen LogP contribution in [0.2, 0.25) is 0 Å². The highest BCUT2D eigenvalue weighted by Gasteiger charge is 2.05. The minimum absolute atomic E-state index is 0.00984. The summed E-state index contributed by atoms with van der Waals surface area (Å²) in [4.78, 5) is 11.4. The third-order valence-corrected chi connectivity index (χ3v) is 2.92. The van der Waals surface area contributed by atoms with Gasteiger partial charge in [-0.1, -0.05) is 19.1 Å². The zero-order valence-electron chi connectivity index (χ0n) is 10.9. The van der Waals surface area contributed by atoms with Crippen molar-refractivity contribution in [3.8, 4) is 11.3 Å². The molecule has 0 spiro atoms. The highest BCUT2D eigenvalue weighted by Crippen LogP contribution is 2.21. The van der Waals surface area contributed by atoms with E-state index in [-0.39, 0.29) is 5.91 Å². The number of anilines is 1. The summed E-state index contributed by atoms with van der Waals surface area (Å²) >= 11 is 0. The molecule has 2 aromatic heterocycles. The van der Waals surface area contributed by atoms with Gasteiger partial charge in [0.1, 0.15) is 6.33 Å². The first kappa shape index (κ1) is 12.3. The molecule has 100 valence electrons. The molecule has 0 saturated carbocycles. The average Bonchev–Trinajstić information content (AvgIpc) is 2.94. The summed E-state index contributed by atoms with van der Waals surface area (Å²) in [7, 11) is 0. The quantitative estimate of drug-likeness (QED) is 0.789. The minimum atomic E-state index is -0.00984. The van der Waals surface area contributed by atoms with Gasteiger partial charge in [-0.05, 0) is 24.3 Å². The number of aromatic nitrogens is 4. The molecule has 0 fully saturated rings. The molecular formula is C14H13N5O. The molecular weight excluding hydrogens is 254 g/mol. The van der Waals surface area contributed by atoms with Crippen molar-refractivity contribution in [1.29, 1.82) is 0 Å². The number of nitrogens with one attached hydrogen (secondary N) is 1. The maximum absolute atomic E-state index is 11.4. The number of hydrogen-bond donors (Lipinski definition) is 1. The number of amides is 1. The molecule has 2 heterocycles. The van der Waals surface area contributed by atoms with Gasteiger partial charge in [-0.3, -0.25) is 4.79 Å². The first-order valence-electron chi connectivity index (χ1n) is 6.33. The van der Waals surface area contributed by atoms with Crippen molar-refractivity contribution in [3.05, 3.63) is 42.7 Å². The van der Waals surface area contributed by atoms with E-state index in [2.05, 4.69) is 20.6 Å². The summed E-state index contributed by atoms with van der Waals surface area (Å²) in [5, 5.41) is 15.0. The van der Waals surface area contributed by atoms with E-state index in [1.165, 1.54) is 0 Å². The Labute approximate surface area is 115 Å². The highest BCUT2D eigenvalue weighted by atomic mass is 16.1. The Balaban J connectivity index is 1.96. The lowest BCUT2D eigenvalue weighted by Crippen LogP contribution is -2.09. The molecule has 1 aromatic carbocycles. The van der Waals surface area contributed by atoms with Crippen LogP contribution >= 0.6 is 0 Å². The Morgan fingerprint density at radius 3 is 3.05 bits per heavy atom. The lowest BCUT2D eigenvalue weighted by atomic mass is 10.1. The fourth-order valence-corrected chi connectivity index (χ4v) is 1.89. The minimum Gasteiger partial charge on any atom is -0.326 e. The van der Waals surface area contributed by atoms with Crippen molar-refractivity contribution in [1.82, 2.24) is 19.8 Å². The molecule has 0 bridgehead atoms. The van der Waals surface area contributed by atoms with Crippen molar-refractivity contribution in [2.75, 3.05) is 5.32 Å². The number of hydrogen-bond acceptors (Lipinski definition) is 4. The van der Waals surface area contributed by atoms with Crippen LogP contribution in [0.5, 0.6) is 0 Å². The third-order valence-electron chi connectivity index (χ3n) is 2.92. The molecule has 0 aliphatic heterocycles. The van der Waals surface area contributed by atoms with Gasteiger partial charge in [-0.2, -0.15) is 9.61 Å². The van der Waals surface area contributed by atoms with Gasteiger partial charge >= 0.3 is 0 Å². The van der Waals surface area contributed by atoms with E-state index in [1.54, 1.807) is 10.8 Å². The molecule has 0 atom stereocenters. The molecule has 0 radical (unpaired) electrons. The van der Waals surface area contributed by atoms with Crippen LogP contribution in [-0.2, 0) is 4.79 Å². The van der Waals surface area contributed by atoms with Crippen LogP contribution in [0, 0.1) is 0 Å². The van der Waals surface area contributed by atoms with Crippen molar-refractivity contribution in [2.45, 2.75) is 13.3 Å². The van der Waals surface area contributed by atoms with Gasteiger partial charge in [0.15, 0.2) is 5.65 Å². The maximum atomic E-state index is 11.4. The van der Waals surface area contributed by atoms with E-state index < -0.39 is 0 Å². The smallest absolute Gasteiger partial charge is 0.224 e. The van der Waals surface area contributed by atoms with Gasteiger partial charge in [0.05, 0.1) is 5.69 Å². The molecule has 6 nitrogen and oxygen atoms in total. The summed E-state index contributed by atoms with van der Waals surface area (Å²) in [6.07, 6.45) is 2.01. The second-order valence-electron chi connectivity index (χ2n) is 4.33. The van der Waals surface area contributed by atoms with Crippen LogP contribution in [0.25, 0.3) is 16.9 Å². The number of rotatable bonds is 3. The second kappa shape index (κ2) is 5.08. The van der Waals surface area contributed by atoms with Gasteiger partial charge in [0, 0.05) is 17.7 Å². The van der Waals surface area contributed by atoms with E-state index in [0.717, 1.165) is 16.9 Å². The first-order chi connectivity index (χ1) is 9.76. The number of carbonyl (C=O) groups is 1. The molecule has 3 rings (SSSR count). The second-order valence-corrected chi connectivity index (χ2v) is 4.33. The lowest BCUT2D eigenvalue weighted by Gasteiger charge is -2.06. The predicted octanol–water partition coefficient (Wildman–Crippen LogP) is 2.14. The Bertz CT molecular complexity index is 765. The van der Waals surface area contributed by atoms with E-state index in [4.69, 9.17) is 0 Å². The van der Waals surface area contributed by atoms with Gasteiger partial charge in [-0.15, -0.1) is 10.2 Å². The summed E-state index contributed by atoms with van der Waals surface area (Å²) < 4.78 is 1.62. The summed E-state index contributed by atoms with van der Waals surface area (Å²) in [5.74, 6) is -0.00984. The molecule has 0 unspecified atom stereocenters. The Kier molecular flexibility index (Phi) is 3.12. The van der Waals surface area contributed by atoms with Crippen molar-refractivity contribution in [2.24, 2.45) is 0 Å². The number of carbonyl (C=O) groups excluding carboxylic acids is 1. The van der Waals surface area contributed by atoms with Crippen molar-refractivity contribution >= 4 is 17.2 Å². The largest absolute Gasteiger partial charge is 0.326 e. The summed E-state index contributed by atoms with van der Waals surface area (Å²) in [5.41, 5.74) is 3.18. The lowest BCUT2D eigenvalue weighted by molar-refractivity contribution is -0.115. The van der Waals surface area contributed by atoms with Crippen LogP contribution < -0.4 is 5.32 Å². The van der Waals surface area contributed by atoms with Crippen LogP contribution in [-0.4, -0.2) is 25.7 Å². The predicted molar refractivity (Wildman–Crippen MR) is 75.1 cm³/mol. The van der Waals surface area contributed by atoms with E-state index >= 15 is 0 Å². The Morgan fingerprint density at radius 1 is 1.30 bits per heavy atom. The van der Waals surface area contributed by atoms with Crippen LogP contribution in [0.4, 0.5) is 5.69 Å². The molecule has 0 saturated heterocycles. The van der Waals surface area contributed by atoms with Crippen LogP contribution in [0.1, 0.15) is 13.3 Å². The number of nitrogens with zero attached hydrogens (tertiary/aromatic N) is 4. The molecule has 0 aliphatic rings. The standard InChI is InChI=1S/C14H13N5O/c1-2-14(20)16-11-5-3-4-10(8-11)12-6-7-13-17-15-9-19(13)18-12/h3-9H,2H2,1H3,(H,16,20). The normalized spacial score (nSPS) is 10.7. The molecule has 20 heavy (non-hydrogen) atoms. The average molecular weight is 267 g/mol. The van der Waals surface area contributed by atoms with E-state index in [1.807, 2.05) is 43.3 Å².